The molecule has 3 rings (SSSR count). The molecule has 7 nitrogen and oxygen atoms in total. The van der Waals surface area contributed by atoms with E-state index in [2.05, 4.69) is 10.3 Å². The number of hydrogen-bond donors (Lipinski definition) is 2. The fourth-order valence-corrected chi connectivity index (χ4v) is 3.13. The zero-order valence-electron chi connectivity index (χ0n) is 14.6. The maximum Gasteiger partial charge on any atom is 0.318 e. The van der Waals surface area contributed by atoms with E-state index in [4.69, 9.17) is 4.74 Å². The molecule has 1 aliphatic heterocycles. The molecule has 0 aliphatic carbocycles. The Kier molecular flexibility index (Phi) is 5.23. The number of rotatable bonds is 4. The number of aliphatic hydroxyl groups excluding tert-OH is 1. The number of urea groups is 1. The van der Waals surface area contributed by atoms with Crippen LogP contribution in [0.5, 0.6) is 5.75 Å². The number of ether oxygens (including phenoxy) is 1. The Morgan fingerprint density at radius 1 is 1.36 bits per heavy atom. The normalized spacial score (nSPS) is 16.5. The van der Waals surface area contributed by atoms with Crippen molar-refractivity contribution in [1.29, 1.82) is 0 Å². The maximum atomic E-state index is 12.7. The number of nitrogens with zero attached hydrogens (tertiary/aromatic N) is 3. The van der Waals surface area contributed by atoms with E-state index >= 15 is 0 Å². The summed E-state index contributed by atoms with van der Waals surface area (Å²) in [5.41, 5.74) is 0.852. The van der Waals surface area contributed by atoms with E-state index in [9.17, 15) is 9.90 Å². The molecule has 1 saturated heterocycles. The first-order valence-corrected chi connectivity index (χ1v) is 8.43. The number of para-hydroxylation sites is 1. The lowest BCUT2D eigenvalue weighted by atomic mass is 10.0. The summed E-state index contributed by atoms with van der Waals surface area (Å²) in [7, 11) is 3.51. The second-order valence-corrected chi connectivity index (χ2v) is 6.24. The third-order valence-electron chi connectivity index (χ3n) is 4.59. The largest absolute Gasteiger partial charge is 0.496 e. The van der Waals surface area contributed by atoms with Gasteiger partial charge in [0.2, 0.25) is 0 Å². The van der Waals surface area contributed by atoms with Gasteiger partial charge in [-0.2, -0.15) is 0 Å². The summed E-state index contributed by atoms with van der Waals surface area (Å²) >= 11 is 0. The number of nitrogens with one attached hydrogen (secondary N) is 1. The Hall–Kier alpha value is -2.54. The molecule has 0 radical (unpaired) electrons. The lowest BCUT2D eigenvalue weighted by Gasteiger charge is -2.31. The van der Waals surface area contributed by atoms with Crippen LogP contribution >= 0.6 is 0 Å². The van der Waals surface area contributed by atoms with Crippen LogP contribution in [0.1, 0.15) is 30.3 Å². The average Bonchev–Trinajstić information content (AvgIpc) is 3.06. The lowest BCUT2D eigenvalue weighted by molar-refractivity contribution is 0.0930. The summed E-state index contributed by atoms with van der Waals surface area (Å²) in [6.07, 6.45) is 4.45. The maximum absolute atomic E-state index is 12.7. The molecule has 7 heteroatoms. The number of carbonyl (C=O) groups excluding carboxylic acids is 1. The van der Waals surface area contributed by atoms with Gasteiger partial charge in [-0.15, -0.1) is 0 Å². The van der Waals surface area contributed by atoms with Gasteiger partial charge in [0.1, 0.15) is 17.6 Å². The fraction of sp³-hybridized carbons (Fsp3) is 0.444. The summed E-state index contributed by atoms with van der Waals surface area (Å²) < 4.78 is 7.36. The molecule has 2 N–H and O–H groups in total. The van der Waals surface area contributed by atoms with E-state index in [1.165, 1.54) is 0 Å². The Balaban J connectivity index is 1.87. The van der Waals surface area contributed by atoms with Crippen molar-refractivity contribution in [2.45, 2.75) is 25.0 Å². The third-order valence-corrected chi connectivity index (χ3v) is 4.59. The van der Waals surface area contributed by atoms with Gasteiger partial charge in [-0.25, -0.2) is 9.78 Å². The third kappa shape index (κ3) is 3.76. The minimum Gasteiger partial charge on any atom is -0.496 e. The van der Waals surface area contributed by atoms with Gasteiger partial charge >= 0.3 is 6.03 Å². The summed E-state index contributed by atoms with van der Waals surface area (Å²) in [6.45, 7) is 1.10. The molecule has 2 amide bonds. The first kappa shape index (κ1) is 17.3. The monoisotopic (exact) mass is 344 g/mol. The SMILES string of the molecule is COc1ccccc1[C@H](NC(=O)N1CCC(O)CC1)c1nccn1C. The number of aryl methyl sites for hydroxylation is 1. The van der Waals surface area contributed by atoms with Gasteiger partial charge in [-0.05, 0) is 18.9 Å². The van der Waals surface area contributed by atoms with Gasteiger partial charge in [0.15, 0.2) is 0 Å². The van der Waals surface area contributed by atoms with Crippen LogP contribution in [-0.2, 0) is 7.05 Å². The van der Waals surface area contributed by atoms with Crippen molar-refractivity contribution in [1.82, 2.24) is 19.8 Å². The molecule has 1 aromatic heterocycles. The molecular formula is C18H24N4O3. The summed E-state index contributed by atoms with van der Waals surface area (Å²) in [5.74, 6) is 1.43. The van der Waals surface area contributed by atoms with E-state index in [-0.39, 0.29) is 12.1 Å². The molecule has 25 heavy (non-hydrogen) atoms. The zero-order chi connectivity index (χ0) is 17.8. The van der Waals surface area contributed by atoms with Crippen LogP contribution in [0.15, 0.2) is 36.7 Å². The summed E-state index contributed by atoms with van der Waals surface area (Å²) in [6, 6.07) is 7.02. The van der Waals surface area contributed by atoms with Crippen molar-refractivity contribution in [3.05, 3.63) is 48.0 Å². The number of carbonyl (C=O) groups is 1. The van der Waals surface area contributed by atoms with Gasteiger partial charge in [-0.3, -0.25) is 0 Å². The number of likely N-dealkylation sites (tertiary alicyclic amines) is 1. The number of benzene rings is 1. The molecule has 0 saturated carbocycles. The van der Waals surface area contributed by atoms with Crippen LogP contribution in [0, 0.1) is 0 Å². The van der Waals surface area contributed by atoms with Gasteiger partial charge in [0, 0.05) is 38.1 Å². The van der Waals surface area contributed by atoms with Crippen molar-refractivity contribution in [3.63, 3.8) is 0 Å². The number of aliphatic hydroxyl groups is 1. The molecule has 1 aliphatic rings. The van der Waals surface area contributed by atoms with Crippen molar-refractivity contribution < 1.29 is 14.6 Å². The minimum absolute atomic E-state index is 0.161. The summed E-state index contributed by atoms with van der Waals surface area (Å²) in [5, 5.41) is 12.7. The van der Waals surface area contributed by atoms with Crippen molar-refractivity contribution in [2.24, 2.45) is 7.05 Å². The second kappa shape index (κ2) is 7.57. The molecule has 134 valence electrons. The lowest BCUT2D eigenvalue weighted by Crippen LogP contribution is -2.47. The van der Waals surface area contributed by atoms with E-state index in [1.54, 1.807) is 18.2 Å². The van der Waals surface area contributed by atoms with Gasteiger partial charge < -0.3 is 24.6 Å². The van der Waals surface area contributed by atoms with Crippen LogP contribution in [0.25, 0.3) is 0 Å². The minimum atomic E-state index is -0.421. The Morgan fingerprint density at radius 2 is 2.08 bits per heavy atom. The standard InChI is InChI=1S/C18H24N4O3/c1-21-12-9-19-17(21)16(14-5-3-4-6-15(14)25-2)20-18(24)22-10-7-13(23)8-11-22/h3-6,9,12-13,16,23H,7-8,10-11H2,1-2H3,(H,20,24)/t16-/m0/s1. The number of amides is 2. The molecule has 1 atom stereocenters. The average molecular weight is 344 g/mol. The highest BCUT2D eigenvalue weighted by atomic mass is 16.5. The van der Waals surface area contributed by atoms with E-state index in [0.29, 0.717) is 31.7 Å². The molecule has 0 spiro atoms. The van der Waals surface area contributed by atoms with Crippen molar-refractivity contribution in [2.75, 3.05) is 20.2 Å². The van der Waals surface area contributed by atoms with Gasteiger partial charge in [-0.1, -0.05) is 18.2 Å². The molecule has 1 aromatic carbocycles. The highest BCUT2D eigenvalue weighted by Crippen LogP contribution is 2.29. The number of aromatic nitrogens is 2. The van der Waals surface area contributed by atoms with E-state index in [0.717, 1.165) is 11.4 Å². The topological polar surface area (TPSA) is 79.6 Å². The Morgan fingerprint density at radius 3 is 2.72 bits per heavy atom. The molecule has 0 bridgehead atoms. The molecule has 2 aromatic rings. The number of hydrogen-bond acceptors (Lipinski definition) is 4. The van der Waals surface area contributed by atoms with Crippen LogP contribution < -0.4 is 10.1 Å². The quantitative estimate of drug-likeness (QED) is 0.884. The molecule has 1 fully saturated rings. The predicted octanol–water partition coefficient (Wildman–Crippen LogP) is 1.68. The highest BCUT2D eigenvalue weighted by molar-refractivity contribution is 5.75. The number of piperidine rings is 1. The van der Waals surface area contributed by atoms with Crippen LogP contribution in [0.3, 0.4) is 0 Å². The van der Waals surface area contributed by atoms with Crippen molar-refractivity contribution >= 4 is 6.03 Å². The fourth-order valence-electron chi connectivity index (χ4n) is 3.13. The predicted molar refractivity (Wildman–Crippen MR) is 93.4 cm³/mol. The Bertz CT molecular complexity index is 723. The van der Waals surface area contributed by atoms with Gasteiger partial charge in [0.05, 0.1) is 13.2 Å². The van der Waals surface area contributed by atoms with E-state index < -0.39 is 6.04 Å². The molecule has 0 unspecified atom stereocenters. The number of imidazole rings is 1. The van der Waals surface area contributed by atoms with Crippen molar-refractivity contribution in [3.8, 4) is 5.75 Å². The van der Waals surface area contributed by atoms with Crippen LogP contribution in [0.4, 0.5) is 4.79 Å². The first-order valence-electron chi connectivity index (χ1n) is 8.43. The molecule has 2 heterocycles. The summed E-state index contributed by atoms with van der Waals surface area (Å²) in [4.78, 5) is 18.9. The Labute approximate surface area is 147 Å². The van der Waals surface area contributed by atoms with Crippen LogP contribution in [-0.4, -0.2) is 51.9 Å². The second-order valence-electron chi connectivity index (χ2n) is 6.24. The van der Waals surface area contributed by atoms with Crippen LogP contribution in [0.2, 0.25) is 0 Å². The van der Waals surface area contributed by atoms with Gasteiger partial charge in [0.25, 0.3) is 0 Å². The number of methoxy groups -OCH3 is 1. The smallest absolute Gasteiger partial charge is 0.318 e. The first-order chi connectivity index (χ1) is 12.1. The highest BCUT2D eigenvalue weighted by Gasteiger charge is 2.27. The van der Waals surface area contributed by atoms with E-state index in [1.807, 2.05) is 42.1 Å². The molecular weight excluding hydrogens is 320 g/mol. The zero-order valence-corrected chi connectivity index (χ0v) is 14.6.